The Hall–Kier alpha value is -1.62. The first-order chi connectivity index (χ1) is 11.5. The molecule has 1 aliphatic heterocycles. The van der Waals surface area contributed by atoms with Crippen molar-refractivity contribution in [2.24, 2.45) is 0 Å². The minimum absolute atomic E-state index is 0.131. The summed E-state index contributed by atoms with van der Waals surface area (Å²) in [5, 5.41) is 0.707. The molecule has 0 radical (unpaired) electrons. The smallest absolute Gasteiger partial charge is 0.181 e. The molecule has 24 heavy (non-hydrogen) atoms. The van der Waals surface area contributed by atoms with Crippen LogP contribution in [-0.2, 0) is 4.74 Å². The Morgan fingerprint density at radius 3 is 2.42 bits per heavy atom. The van der Waals surface area contributed by atoms with E-state index in [0.29, 0.717) is 18.2 Å². The molecular weight excluding hydrogens is 324 g/mol. The zero-order valence-electron chi connectivity index (χ0n) is 14.4. The van der Waals surface area contributed by atoms with E-state index in [2.05, 4.69) is 9.47 Å². The topological polar surface area (TPSA) is 34.5 Å². The first-order valence-electron chi connectivity index (χ1n) is 8.30. The number of carbonyl (C=O) groups is 1. The number of hydrogen-bond acceptors (Lipinski definition) is 3. The van der Waals surface area contributed by atoms with Gasteiger partial charge in [-0.2, -0.15) is 0 Å². The van der Waals surface area contributed by atoms with Crippen molar-refractivity contribution >= 4 is 17.4 Å². The molecule has 0 bridgehead atoms. The van der Waals surface area contributed by atoms with Gasteiger partial charge < -0.3 is 9.30 Å². The molecule has 0 spiro atoms. The van der Waals surface area contributed by atoms with Crippen LogP contribution < -0.4 is 0 Å². The van der Waals surface area contributed by atoms with Crippen LogP contribution in [0.1, 0.15) is 28.7 Å². The highest BCUT2D eigenvalue weighted by molar-refractivity contribution is 6.30. The number of carbonyl (C=O) groups excluding carboxylic acids is 1. The minimum Gasteiger partial charge on any atom is -0.379 e. The summed E-state index contributed by atoms with van der Waals surface area (Å²) in [4.78, 5) is 15.2. The van der Waals surface area contributed by atoms with Crippen LogP contribution in [-0.4, -0.2) is 47.6 Å². The predicted molar refractivity (Wildman–Crippen MR) is 96.4 cm³/mol. The second kappa shape index (κ2) is 7.09. The number of ketones is 1. The van der Waals surface area contributed by atoms with Crippen molar-refractivity contribution in [1.82, 2.24) is 9.47 Å². The largest absolute Gasteiger partial charge is 0.379 e. The van der Waals surface area contributed by atoms with E-state index in [1.807, 2.05) is 51.1 Å². The van der Waals surface area contributed by atoms with Crippen molar-refractivity contribution in [3.8, 4) is 5.69 Å². The molecule has 0 aliphatic carbocycles. The summed E-state index contributed by atoms with van der Waals surface area (Å²) in [7, 11) is 0. The standard InChI is InChI=1S/C19H23ClN2O2/c1-13-12-18(19(23)15(3)21-8-10-24-11-9-21)14(2)22(13)17-6-4-16(20)5-7-17/h4-7,12,15H,8-11H2,1-3H3/t15-/m1/s1. The van der Waals surface area contributed by atoms with Gasteiger partial charge >= 0.3 is 0 Å². The molecule has 1 aliphatic rings. The number of aromatic nitrogens is 1. The third kappa shape index (κ3) is 3.27. The molecule has 128 valence electrons. The number of nitrogens with zero attached hydrogens (tertiary/aromatic N) is 2. The molecule has 4 nitrogen and oxygen atoms in total. The van der Waals surface area contributed by atoms with Crippen LogP contribution in [0, 0.1) is 13.8 Å². The molecule has 5 heteroatoms. The summed E-state index contributed by atoms with van der Waals surface area (Å²) in [5.41, 5.74) is 3.83. The summed E-state index contributed by atoms with van der Waals surface area (Å²) in [6.45, 7) is 9.02. The van der Waals surface area contributed by atoms with E-state index < -0.39 is 0 Å². The monoisotopic (exact) mass is 346 g/mol. The third-order valence-electron chi connectivity index (χ3n) is 4.75. The van der Waals surface area contributed by atoms with Crippen LogP contribution in [0.25, 0.3) is 5.69 Å². The maximum absolute atomic E-state index is 13.0. The van der Waals surface area contributed by atoms with E-state index in [9.17, 15) is 4.79 Å². The normalized spacial score (nSPS) is 17.0. The van der Waals surface area contributed by atoms with Gasteiger partial charge in [0.2, 0.25) is 0 Å². The number of benzene rings is 1. The van der Waals surface area contributed by atoms with Gasteiger partial charge in [0.05, 0.1) is 19.3 Å². The van der Waals surface area contributed by atoms with Gasteiger partial charge in [-0.1, -0.05) is 11.6 Å². The Morgan fingerprint density at radius 1 is 1.17 bits per heavy atom. The van der Waals surface area contributed by atoms with Crippen molar-refractivity contribution in [3.63, 3.8) is 0 Å². The van der Waals surface area contributed by atoms with Crippen LogP contribution in [0.4, 0.5) is 0 Å². The molecule has 2 aromatic rings. The third-order valence-corrected chi connectivity index (χ3v) is 5.01. The van der Waals surface area contributed by atoms with Gasteiger partial charge in [-0.3, -0.25) is 9.69 Å². The summed E-state index contributed by atoms with van der Waals surface area (Å²) in [6.07, 6.45) is 0. The van der Waals surface area contributed by atoms with Gasteiger partial charge in [0, 0.05) is 40.8 Å². The highest BCUT2D eigenvalue weighted by Gasteiger charge is 2.27. The molecule has 3 rings (SSSR count). The molecule has 0 unspecified atom stereocenters. The number of halogens is 1. The SMILES string of the molecule is Cc1cc(C(=O)[C@@H](C)N2CCOCC2)c(C)n1-c1ccc(Cl)cc1. The van der Waals surface area contributed by atoms with Crippen LogP contribution in [0.15, 0.2) is 30.3 Å². The number of hydrogen-bond donors (Lipinski definition) is 0. The fourth-order valence-electron chi connectivity index (χ4n) is 3.36. The van der Waals surface area contributed by atoms with Crippen molar-refractivity contribution in [1.29, 1.82) is 0 Å². The lowest BCUT2D eigenvalue weighted by molar-refractivity contribution is 0.0208. The van der Waals surface area contributed by atoms with Crippen molar-refractivity contribution in [3.05, 3.63) is 52.3 Å². The summed E-state index contributed by atoms with van der Waals surface area (Å²) in [5.74, 6) is 0.171. The molecule has 0 N–H and O–H groups in total. The van der Waals surface area contributed by atoms with E-state index in [1.165, 1.54) is 0 Å². The average Bonchev–Trinajstić information content (AvgIpc) is 2.90. The molecular formula is C19H23ClN2O2. The lowest BCUT2D eigenvalue weighted by Gasteiger charge is -2.31. The number of ether oxygens (including phenoxy) is 1. The van der Waals surface area contributed by atoms with Crippen molar-refractivity contribution in [2.45, 2.75) is 26.8 Å². The minimum atomic E-state index is -0.131. The van der Waals surface area contributed by atoms with Gasteiger partial charge in [0.1, 0.15) is 0 Å². The lowest BCUT2D eigenvalue weighted by Crippen LogP contribution is -2.45. The van der Waals surface area contributed by atoms with Crippen LogP contribution >= 0.6 is 11.6 Å². The molecule has 1 atom stereocenters. The average molecular weight is 347 g/mol. The van der Waals surface area contributed by atoms with E-state index >= 15 is 0 Å². The lowest BCUT2D eigenvalue weighted by atomic mass is 10.0. The van der Waals surface area contributed by atoms with E-state index in [4.69, 9.17) is 16.3 Å². The second-order valence-corrected chi connectivity index (χ2v) is 6.72. The zero-order valence-corrected chi connectivity index (χ0v) is 15.1. The molecule has 1 saturated heterocycles. The number of Topliss-reactive ketones (excluding diaryl/α,β-unsaturated/α-hetero) is 1. The molecule has 0 amide bonds. The van der Waals surface area contributed by atoms with E-state index in [0.717, 1.165) is 35.7 Å². The first-order valence-corrected chi connectivity index (χ1v) is 8.67. The number of morpholine rings is 1. The first kappa shape index (κ1) is 17.2. The Morgan fingerprint density at radius 2 is 1.79 bits per heavy atom. The van der Waals surface area contributed by atoms with Crippen molar-refractivity contribution < 1.29 is 9.53 Å². The maximum atomic E-state index is 13.0. The summed E-state index contributed by atoms with van der Waals surface area (Å²) >= 11 is 5.98. The van der Waals surface area contributed by atoms with Gasteiger partial charge in [-0.05, 0) is 51.1 Å². The molecule has 2 heterocycles. The van der Waals surface area contributed by atoms with Gasteiger partial charge in [0.25, 0.3) is 0 Å². The predicted octanol–water partition coefficient (Wildman–Crippen LogP) is 3.65. The van der Waals surface area contributed by atoms with Gasteiger partial charge in [0.15, 0.2) is 5.78 Å². The van der Waals surface area contributed by atoms with Crippen LogP contribution in [0.2, 0.25) is 5.02 Å². The van der Waals surface area contributed by atoms with Gasteiger partial charge in [-0.15, -0.1) is 0 Å². The Labute approximate surface area is 148 Å². The molecule has 0 saturated carbocycles. The Bertz CT molecular complexity index is 731. The summed E-state index contributed by atoms with van der Waals surface area (Å²) < 4.78 is 7.49. The van der Waals surface area contributed by atoms with Crippen LogP contribution in [0.5, 0.6) is 0 Å². The quantitative estimate of drug-likeness (QED) is 0.792. The van der Waals surface area contributed by atoms with E-state index in [-0.39, 0.29) is 11.8 Å². The second-order valence-electron chi connectivity index (χ2n) is 6.29. The molecule has 1 aromatic heterocycles. The molecule has 1 aromatic carbocycles. The molecule has 1 fully saturated rings. The van der Waals surface area contributed by atoms with Crippen molar-refractivity contribution in [2.75, 3.05) is 26.3 Å². The fraction of sp³-hybridized carbons (Fsp3) is 0.421. The Kier molecular flexibility index (Phi) is 5.09. The number of rotatable bonds is 4. The zero-order chi connectivity index (χ0) is 17.3. The van der Waals surface area contributed by atoms with Gasteiger partial charge in [-0.25, -0.2) is 0 Å². The highest BCUT2D eigenvalue weighted by atomic mass is 35.5. The maximum Gasteiger partial charge on any atom is 0.181 e. The van der Waals surface area contributed by atoms with Crippen LogP contribution in [0.3, 0.4) is 0 Å². The highest BCUT2D eigenvalue weighted by Crippen LogP contribution is 2.24. The Balaban J connectivity index is 1.90. The number of aryl methyl sites for hydroxylation is 1. The summed E-state index contributed by atoms with van der Waals surface area (Å²) in [6, 6.07) is 9.54. The van der Waals surface area contributed by atoms with E-state index in [1.54, 1.807) is 0 Å². The fourth-order valence-corrected chi connectivity index (χ4v) is 3.48.